The van der Waals surface area contributed by atoms with E-state index >= 15 is 0 Å². The Bertz CT molecular complexity index is 361. The van der Waals surface area contributed by atoms with E-state index < -0.39 is 5.97 Å². The van der Waals surface area contributed by atoms with E-state index in [0.717, 1.165) is 31.6 Å². The maximum atomic E-state index is 11.4. The van der Waals surface area contributed by atoms with Crippen molar-refractivity contribution in [3.05, 3.63) is 17.5 Å². The van der Waals surface area contributed by atoms with E-state index in [-0.39, 0.29) is 18.2 Å². The number of hydrogen-bond acceptors (Lipinski definition) is 5. The van der Waals surface area contributed by atoms with Crippen LogP contribution >= 0.6 is 12.4 Å². The third kappa shape index (κ3) is 3.44. The molecule has 1 N–H and O–H groups in total. The molecule has 0 amide bonds. The highest BCUT2D eigenvalue weighted by molar-refractivity contribution is 5.86. The Kier molecular flexibility index (Phi) is 5.44. The maximum absolute atomic E-state index is 11.4. The first-order valence-corrected chi connectivity index (χ1v) is 5.65. The van der Waals surface area contributed by atoms with Gasteiger partial charge >= 0.3 is 5.97 Å². The molecule has 0 radical (unpaired) electrons. The Labute approximate surface area is 106 Å². The van der Waals surface area contributed by atoms with Crippen molar-refractivity contribution in [3.8, 4) is 0 Å². The van der Waals surface area contributed by atoms with E-state index in [9.17, 15) is 4.79 Å². The fourth-order valence-electron chi connectivity index (χ4n) is 1.90. The zero-order chi connectivity index (χ0) is 11.4. The van der Waals surface area contributed by atoms with Crippen LogP contribution in [-0.4, -0.2) is 30.8 Å². The number of nitrogens with one attached hydrogen (secondary N) is 1. The zero-order valence-corrected chi connectivity index (χ0v) is 10.6. The first kappa shape index (κ1) is 14.0. The van der Waals surface area contributed by atoms with Crippen LogP contribution in [0.1, 0.15) is 41.9 Å². The average Bonchev–Trinajstić information content (AvgIpc) is 2.80. The summed E-state index contributed by atoms with van der Waals surface area (Å²) in [6.45, 7) is 4.10. The zero-order valence-electron chi connectivity index (χ0n) is 9.77. The molecule has 0 spiro atoms. The summed E-state index contributed by atoms with van der Waals surface area (Å²) < 4.78 is 9.83. The van der Waals surface area contributed by atoms with Gasteiger partial charge in [0.15, 0.2) is 0 Å². The number of piperidine rings is 1. The van der Waals surface area contributed by atoms with Crippen LogP contribution in [0.25, 0.3) is 0 Å². The molecule has 1 aromatic rings. The third-order valence-electron chi connectivity index (χ3n) is 2.76. The number of carbonyl (C=O) groups is 1. The van der Waals surface area contributed by atoms with Crippen molar-refractivity contribution in [3.63, 3.8) is 0 Å². The topological polar surface area (TPSA) is 64.4 Å². The lowest BCUT2D eigenvalue weighted by Gasteiger charge is -2.19. The van der Waals surface area contributed by atoms with Gasteiger partial charge in [0.1, 0.15) is 0 Å². The molecule has 1 aliphatic heterocycles. The van der Waals surface area contributed by atoms with Gasteiger partial charge in [0, 0.05) is 12.0 Å². The van der Waals surface area contributed by atoms with E-state index in [0.29, 0.717) is 12.5 Å². The number of carbonyl (C=O) groups excluding carboxylic acids is 1. The summed E-state index contributed by atoms with van der Waals surface area (Å²) in [7, 11) is 0. The Morgan fingerprint density at radius 2 is 2.29 bits per heavy atom. The van der Waals surface area contributed by atoms with Crippen molar-refractivity contribution < 1.29 is 14.1 Å². The number of nitrogens with zero attached hydrogens (tertiary/aromatic N) is 1. The Morgan fingerprint density at radius 1 is 1.59 bits per heavy atom. The van der Waals surface area contributed by atoms with Crippen LogP contribution in [0.4, 0.5) is 0 Å². The molecule has 0 bridgehead atoms. The minimum Gasteiger partial charge on any atom is -0.460 e. The molecule has 1 saturated heterocycles. The van der Waals surface area contributed by atoms with E-state index in [1.54, 1.807) is 13.0 Å². The summed E-state index contributed by atoms with van der Waals surface area (Å²) in [6, 6.07) is 1.70. The normalized spacial score (nSPS) is 16.3. The number of ether oxygens (including phenoxy) is 1. The number of halogens is 1. The number of hydrogen-bond donors (Lipinski definition) is 1. The second kappa shape index (κ2) is 6.61. The largest absolute Gasteiger partial charge is 0.460 e. The first-order chi connectivity index (χ1) is 7.81. The van der Waals surface area contributed by atoms with Gasteiger partial charge in [-0.3, -0.25) is 0 Å². The fourth-order valence-corrected chi connectivity index (χ4v) is 1.90. The van der Waals surface area contributed by atoms with Crippen molar-refractivity contribution in [2.75, 3.05) is 19.7 Å². The van der Waals surface area contributed by atoms with Crippen LogP contribution in [-0.2, 0) is 4.74 Å². The van der Waals surface area contributed by atoms with Crippen molar-refractivity contribution in [2.24, 2.45) is 0 Å². The van der Waals surface area contributed by atoms with Crippen LogP contribution in [0.2, 0.25) is 0 Å². The third-order valence-corrected chi connectivity index (χ3v) is 2.76. The lowest BCUT2D eigenvalue weighted by Crippen LogP contribution is -2.26. The van der Waals surface area contributed by atoms with Crippen LogP contribution in [0, 0.1) is 0 Å². The molecule has 96 valence electrons. The van der Waals surface area contributed by atoms with Crippen LogP contribution in [0.15, 0.2) is 10.6 Å². The predicted molar refractivity (Wildman–Crippen MR) is 64.6 cm³/mol. The first-order valence-electron chi connectivity index (χ1n) is 5.65. The number of aromatic nitrogens is 1. The molecular weight excluding hydrogens is 244 g/mol. The van der Waals surface area contributed by atoms with Gasteiger partial charge in [-0.25, -0.2) is 4.79 Å². The summed E-state index contributed by atoms with van der Waals surface area (Å²) in [5.74, 6) is 0.166. The molecule has 2 heterocycles. The average molecular weight is 261 g/mol. The highest BCUT2D eigenvalue weighted by Crippen LogP contribution is 2.24. The minimum absolute atomic E-state index is 0. The Balaban J connectivity index is 0.00000144. The van der Waals surface area contributed by atoms with Gasteiger partial charge < -0.3 is 14.6 Å². The SMILES string of the molecule is CCOC(=O)c1cc(C2CCNCC2)no1.Cl. The van der Waals surface area contributed by atoms with Gasteiger partial charge in [-0.1, -0.05) is 5.16 Å². The molecule has 1 aromatic heterocycles. The van der Waals surface area contributed by atoms with Gasteiger partial charge in [0.2, 0.25) is 5.76 Å². The maximum Gasteiger partial charge on any atom is 0.377 e. The molecular formula is C11H17ClN2O3. The van der Waals surface area contributed by atoms with Crippen LogP contribution < -0.4 is 5.32 Å². The molecule has 2 rings (SSSR count). The number of esters is 1. The van der Waals surface area contributed by atoms with E-state index in [2.05, 4.69) is 10.5 Å². The Hall–Kier alpha value is -1.07. The summed E-state index contributed by atoms with van der Waals surface area (Å²) in [4.78, 5) is 11.4. The summed E-state index contributed by atoms with van der Waals surface area (Å²) in [5.41, 5.74) is 0.865. The van der Waals surface area contributed by atoms with Gasteiger partial charge in [0.25, 0.3) is 0 Å². The van der Waals surface area contributed by atoms with Crippen molar-refractivity contribution in [1.82, 2.24) is 10.5 Å². The molecule has 17 heavy (non-hydrogen) atoms. The molecule has 0 aromatic carbocycles. The van der Waals surface area contributed by atoms with E-state index in [1.807, 2.05) is 0 Å². The summed E-state index contributed by atoms with van der Waals surface area (Å²) in [6.07, 6.45) is 2.07. The van der Waals surface area contributed by atoms with Crippen molar-refractivity contribution in [2.45, 2.75) is 25.7 Å². The van der Waals surface area contributed by atoms with Gasteiger partial charge in [-0.05, 0) is 32.9 Å². The molecule has 1 fully saturated rings. The monoisotopic (exact) mass is 260 g/mol. The fraction of sp³-hybridized carbons (Fsp3) is 0.636. The minimum atomic E-state index is -0.435. The predicted octanol–water partition coefficient (Wildman–Crippen LogP) is 1.74. The Morgan fingerprint density at radius 3 is 2.94 bits per heavy atom. The standard InChI is InChI=1S/C11H16N2O3.ClH/c1-2-15-11(14)10-7-9(13-16-10)8-3-5-12-6-4-8;/h7-8,12H,2-6H2,1H3;1H. The van der Waals surface area contributed by atoms with Crippen LogP contribution in [0.5, 0.6) is 0 Å². The van der Waals surface area contributed by atoms with E-state index in [4.69, 9.17) is 9.26 Å². The van der Waals surface area contributed by atoms with Crippen LogP contribution in [0.3, 0.4) is 0 Å². The van der Waals surface area contributed by atoms with Crippen molar-refractivity contribution >= 4 is 18.4 Å². The quantitative estimate of drug-likeness (QED) is 0.839. The highest BCUT2D eigenvalue weighted by Gasteiger charge is 2.21. The molecule has 0 atom stereocenters. The lowest BCUT2D eigenvalue weighted by molar-refractivity contribution is 0.0479. The molecule has 0 aliphatic carbocycles. The van der Waals surface area contributed by atoms with E-state index in [1.165, 1.54) is 0 Å². The number of rotatable bonds is 3. The molecule has 5 nitrogen and oxygen atoms in total. The molecule has 0 saturated carbocycles. The lowest BCUT2D eigenvalue weighted by atomic mass is 9.95. The highest BCUT2D eigenvalue weighted by atomic mass is 35.5. The smallest absolute Gasteiger partial charge is 0.377 e. The molecule has 6 heteroatoms. The van der Waals surface area contributed by atoms with Gasteiger partial charge in [0.05, 0.1) is 12.3 Å². The molecule has 0 unspecified atom stereocenters. The summed E-state index contributed by atoms with van der Waals surface area (Å²) in [5, 5.41) is 7.22. The molecule has 1 aliphatic rings. The second-order valence-electron chi connectivity index (χ2n) is 3.86. The summed E-state index contributed by atoms with van der Waals surface area (Å²) >= 11 is 0. The second-order valence-corrected chi connectivity index (χ2v) is 3.86. The van der Waals surface area contributed by atoms with Crippen molar-refractivity contribution in [1.29, 1.82) is 0 Å². The van der Waals surface area contributed by atoms with Gasteiger partial charge in [-0.15, -0.1) is 12.4 Å². The van der Waals surface area contributed by atoms with Gasteiger partial charge in [-0.2, -0.15) is 0 Å².